The molecule has 0 radical (unpaired) electrons. The minimum atomic E-state index is -5.09. The lowest BCUT2D eigenvalue weighted by atomic mass is 10.0. The van der Waals surface area contributed by atoms with Crippen LogP contribution >= 0.6 is 0 Å². The molecule has 106 valence electrons. The zero-order valence-corrected chi connectivity index (χ0v) is 8.88. The summed E-state index contributed by atoms with van der Waals surface area (Å²) in [7, 11) is 0. The number of alkyl halides is 6. The number of carboxylic acids is 1. The van der Waals surface area contributed by atoms with Crippen molar-refractivity contribution in [2.75, 3.05) is 0 Å². The van der Waals surface area contributed by atoms with E-state index in [1.54, 1.807) is 0 Å². The Bertz CT molecular complexity index is 459. The molecule has 0 aliphatic heterocycles. The predicted molar refractivity (Wildman–Crippen MR) is 49.0 cm³/mol. The first kappa shape index (κ1) is 15.3. The second-order valence-corrected chi connectivity index (χ2v) is 3.58. The van der Waals surface area contributed by atoms with Crippen molar-refractivity contribution in [3.8, 4) is 0 Å². The lowest BCUT2D eigenvalue weighted by molar-refractivity contribution is -0.148. The molecule has 3 nitrogen and oxygen atoms in total. The molecule has 2 N–H and O–H groups in total. The van der Waals surface area contributed by atoms with Crippen molar-refractivity contribution in [2.45, 2.75) is 18.5 Å². The summed E-state index contributed by atoms with van der Waals surface area (Å²) in [6.45, 7) is 0. The van der Waals surface area contributed by atoms with Gasteiger partial charge in [0.05, 0.1) is 11.1 Å². The van der Waals surface area contributed by atoms with E-state index in [-0.39, 0.29) is 18.2 Å². The van der Waals surface area contributed by atoms with Crippen molar-refractivity contribution >= 4 is 5.97 Å². The van der Waals surface area contributed by atoms with Gasteiger partial charge in [-0.05, 0) is 23.8 Å². The number of aliphatic hydroxyl groups excluding tert-OH is 1. The zero-order chi connectivity index (χ0) is 15.0. The van der Waals surface area contributed by atoms with Crippen molar-refractivity contribution in [2.24, 2.45) is 0 Å². The Labute approximate surface area is 102 Å². The molecule has 9 heteroatoms. The fraction of sp³-hybridized carbons (Fsp3) is 0.300. The number of carbonyl (C=O) groups is 1. The SMILES string of the molecule is O=C(O)[C@H](O)c1cc(C(F)(F)F)cc(C(F)(F)F)c1. The molecule has 0 spiro atoms. The smallest absolute Gasteiger partial charge is 0.416 e. The van der Waals surface area contributed by atoms with E-state index in [4.69, 9.17) is 10.2 Å². The van der Waals surface area contributed by atoms with Gasteiger partial charge in [-0.25, -0.2) is 4.79 Å². The van der Waals surface area contributed by atoms with Crippen LogP contribution in [0, 0.1) is 0 Å². The Balaban J connectivity index is 3.45. The maximum atomic E-state index is 12.4. The molecule has 1 aromatic rings. The molecule has 0 aromatic heterocycles. The quantitative estimate of drug-likeness (QED) is 0.823. The van der Waals surface area contributed by atoms with E-state index in [0.29, 0.717) is 0 Å². The van der Waals surface area contributed by atoms with E-state index in [2.05, 4.69) is 0 Å². The third-order valence-electron chi connectivity index (χ3n) is 2.16. The summed E-state index contributed by atoms with van der Waals surface area (Å²) in [6.07, 6.45) is -12.6. The maximum absolute atomic E-state index is 12.4. The summed E-state index contributed by atoms with van der Waals surface area (Å²) in [4.78, 5) is 10.4. The Morgan fingerprint density at radius 1 is 0.947 bits per heavy atom. The molecule has 1 aromatic carbocycles. The summed E-state index contributed by atoms with van der Waals surface area (Å²) in [5.41, 5.74) is -4.36. The van der Waals surface area contributed by atoms with Crippen LogP contribution in [0.4, 0.5) is 26.3 Å². The molecule has 0 heterocycles. The van der Waals surface area contributed by atoms with Crippen LogP contribution in [0.5, 0.6) is 0 Å². The molecule has 0 aliphatic carbocycles. The second kappa shape index (κ2) is 4.72. The predicted octanol–water partition coefficient (Wildman–Crippen LogP) is 2.84. The van der Waals surface area contributed by atoms with Gasteiger partial charge in [0, 0.05) is 0 Å². The number of benzene rings is 1. The molecule has 0 saturated carbocycles. The van der Waals surface area contributed by atoms with Crippen molar-refractivity contribution in [1.29, 1.82) is 0 Å². The van der Waals surface area contributed by atoms with Gasteiger partial charge in [0.1, 0.15) is 0 Å². The second-order valence-electron chi connectivity index (χ2n) is 3.58. The van der Waals surface area contributed by atoms with E-state index in [1.807, 2.05) is 0 Å². The molecule has 0 saturated heterocycles. The lowest BCUT2D eigenvalue weighted by Crippen LogP contribution is -2.16. The number of carboxylic acid groups (broad SMARTS) is 1. The van der Waals surface area contributed by atoms with Gasteiger partial charge >= 0.3 is 18.3 Å². The first-order chi connectivity index (χ1) is 8.43. The highest BCUT2D eigenvalue weighted by molar-refractivity contribution is 5.74. The topological polar surface area (TPSA) is 57.5 Å². The Morgan fingerprint density at radius 3 is 1.58 bits per heavy atom. The van der Waals surface area contributed by atoms with Crippen LogP contribution in [-0.4, -0.2) is 16.2 Å². The highest BCUT2D eigenvalue weighted by Gasteiger charge is 2.37. The maximum Gasteiger partial charge on any atom is 0.416 e. The first-order valence-electron chi connectivity index (χ1n) is 4.63. The third-order valence-corrected chi connectivity index (χ3v) is 2.16. The average molecular weight is 288 g/mol. The van der Waals surface area contributed by atoms with Crippen molar-refractivity contribution < 1.29 is 41.4 Å². The van der Waals surface area contributed by atoms with Crippen molar-refractivity contribution in [3.63, 3.8) is 0 Å². The van der Waals surface area contributed by atoms with Crippen LogP contribution in [0.15, 0.2) is 18.2 Å². The van der Waals surface area contributed by atoms with Gasteiger partial charge in [-0.1, -0.05) is 0 Å². The van der Waals surface area contributed by atoms with E-state index in [0.717, 1.165) is 0 Å². The highest BCUT2D eigenvalue weighted by Crippen LogP contribution is 2.37. The van der Waals surface area contributed by atoms with Gasteiger partial charge in [0.15, 0.2) is 6.10 Å². The van der Waals surface area contributed by atoms with E-state index < -0.39 is 41.1 Å². The van der Waals surface area contributed by atoms with Crippen LogP contribution in [0.3, 0.4) is 0 Å². The van der Waals surface area contributed by atoms with Gasteiger partial charge < -0.3 is 10.2 Å². The Morgan fingerprint density at radius 2 is 1.32 bits per heavy atom. The van der Waals surface area contributed by atoms with Gasteiger partial charge in [0.25, 0.3) is 0 Å². The average Bonchev–Trinajstić information content (AvgIpc) is 2.24. The molecule has 0 fully saturated rings. The molecular formula is C10H6F6O3. The summed E-state index contributed by atoms with van der Waals surface area (Å²) >= 11 is 0. The molecule has 1 atom stereocenters. The van der Waals surface area contributed by atoms with Crippen molar-refractivity contribution in [3.05, 3.63) is 34.9 Å². The molecule has 0 bridgehead atoms. The summed E-state index contributed by atoms with van der Waals surface area (Å²) < 4.78 is 74.4. The number of halogens is 6. The van der Waals surface area contributed by atoms with Crippen LogP contribution in [0.25, 0.3) is 0 Å². The van der Waals surface area contributed by atoms with Crippen molar-refractivity contribution in [1.82, 2.24) is 0 Å². The molecular weight excluding hydrogens is 282 g/mol. The third kappa shape index (κ3) is 3.60. The molecule has 19 heavy (non-hydrogen) atoms. The number of hydrogen-bond acceptors (Lipinski definition) is 2. The Kier molecular flexibility index (Phi) is 3.80. The van der Waals surface area contributed by atoms with Gasteiger partial charge in [-0.2, -0.15) is 26.3 Å². The fourth-order valence-corrected chi connectivity index (χ4v) is 1.28. The van der Waals surface area contributed by atoms with Gasteiger partial charge in [-0.15, -0.1) is 0 Å². The summed E-state index contributed by atoms with van der Waals surface area (Å²) in [5.74, 6) is -1.95. The molecule has 0 amide bonds. The van der Waals surface area contributed by atoms with Crippen LogP contribution in [-0.2, 0) is 17.1 Å². The normalized spacial score (nSPS) is 14.3. The van der Waals surface area contributed by atoms with E-state index in [1.165, 1.54) is 0 Å². The number of rotatable bonds is 2. The zero-order valence-electron chi connectivity index (χ0n) is 8.88. The van der Waals surface area contributed by atoms with Gasteiger partial charge in [0.2, 0.25) is 0 Å². The summed E-state index contributed by atoms with van der Waals surface area (Å²) in [5, 5.41) is 17.5. The molecule has 1 rings (SSSR count). The highest BCUT2D eigenvalue weighted by atomic mass is 19.4. The standard InChI is InChI=1S/C10H6F6O3/c11-9(12,13)5-1-4(7(17)8(18)19)2-6(3-5)10(14,15)16/h1-3,7,17H,(H,18,19)/t7-/m1/s1. The van der Waals surface area contributed by atoms with E-state index >= 15 is 0 Å². The minimum Gasteiger partial charge on any atom is -0.479 e. The minimum absolute atomic E-state index is 0.155. The lowest BCUT2D eigenvalue weighted by Gasteiger charge is -2.15. The molecule has 0 unspecified atom stereocenters. The number of hydrogen-bond donors (Lipinski definition) is 2. The largest absolute Gasteiger partial charge is 0.479 e. The first-order valence-corrected chi connectivity index (χ1v) is 4.63. The summed E-state index contributed by atoms with van der Waals surface area (Å²) in [6, 6.07) is 0.167. The van der Waals surface area contributed by atoms with Crippen LogP contribution in [0.2, 0.25) is 0 Å². The number of aliphatic hydroxyl groups is 1. The van der Waals surface area contributed by atoms with Crippen LogP contribution < -0.4 is 0 Å². The van der Waals surface area contributed by atoms with Crippen LogP contribution in [0.1, 0.15) is 22.8 Å². The molecule has 0 aliphatic rings. The monoisotopic (exact) mass is 288 g/mol. The van der Waals surface area contributed by atoms with Gasteiger partial charge in [-0.3, -0.25) is 0 Å². The number of aliphatic carboxylic acids is 1. The Hall–Kier alpha value is -1.77. The van der Waals surface area contributed by atoms with E-state index in [9.17, 15) is 31.1 Å². The fourth-order valence-electron chi connectivity index (χ4n) is 1.28.